The fraction of sp³-hybridized carbons (Fsp3) is 0.579. The number of carbonyl (C=O) groups is 2. The van der Waals surface area contributed by atoms with Crippen LogP contribution in [0, 0.1) is 0 Å². The van der Waals surface area contributed by atoms with Crippen molar-refractivity contribution in [2.24, 2.45) is 0 Å². The summed E-state index contributed by atoms with van der Waals surface area (Å²) in [7, 11) is 1.78. The lowest BCUT2D eigenvalue weighted by Gasteiger charge is -2.23. The third kappa shape index (κ3) is 6.32. The third-order valence-electron chi connectivity index (χ3n) is 3.97. The molecule has 0 aliphatic carbocycles. The van der Waals surface area contributed by atoms with Gasteiger partial charge in [0.05, 0.1) is 13.1 Å². The molecule has 0 unspecified atom stereocenters. The number of rotatable bonds is 7. The van der Waals surface area contributed by atoms with Crippen LogP contribution >= 0.6 is 0 Å². The largest absolute Gasteiger partial charge is 0.342 e. The second kappa shape index (κ2) is 8.83. The Balaban J connectivity index is 2.52. The van der Waals surface area contributed by atoms with Crippen LogP contribution in [0.5, 0.6) is 0 Å². The van der Waals surface area contributed by atoms with Gasteiger partial charge >= 0.3 is 0 Å². The van der Waals surface area contributed by atoms with Crippen molar-refractivity contribution in [1.29, 1.82) is 0 Å². The standard InChI is InChI=1S/C19H31N3O2/c1-7-22(8-2)18(24)14-21(6)13-17(23)20-16-11-9-15(10-12-16)19(3,4)5/h9-12H,7-8,13-14H2,1-6H3,(H,20,23). The van der Waals surface area contributed by atoms with Crippen LogP contribution in [0.3, 0.4) is 0 Å². The van der Waals surface area contributed by atoms with E-state index in [2.05, 4.69) is 26.1 Å². The summed E-state index contributed by atoms with van der Waals surface area (Å²) in [5.74, 6) is -0.0711. The SMILES string of the molecule is CCN(CC)C(=O)CN(C)CC(=O)Nc1ccc(C(C)(C)C)cc1. The van der Waals surface area contributed by atoms with Gasteiger partial charge in [-0.15, -0.1) is 0 Å². The van der Waals surface area contributed by atoms with Crippen molar-refractivity contribution in [3.8, 4) is 0 Å². The van der Waals surface area contributed by atoms with Crippen LogP contribution in [-0.2, 0) is 15.0 Å². The minimum atomic E-state index is -0.117. The highest BCUT2D eigenvalue weighted by molar-refractivity contribution is 5.92. The molecule has 1 aromatic rings. The van der Waals surface area contributed by atoms with E-state index in [4.69, 9.17) is 0 Å². The number of hydrogen-bond acceptors (Lipinski definition) is 3. The molecule has 5 heteroatoms. The number of carbonyl (C=O) groups excluding carboxylic acids is 2. The van der Waals surface area contributed by atoms with Gasteiger partial charge in [-0.05, 0) is 44.0 Å². The lowest BCUT2D eigenvalue weighted by Crippen LogP contribution is -2.41. The van der Waals surface area contributed by atoms with Crippen molar-refractivity contribution < 1.29 is 9.59 Å². The Morgan fingerprint density at radius 3 is 2.00 bits per heavy atom. The first kappa shape index (κ1) is 20.2. The Bertz CT molecular complexity index is 543. The van der Waals surface area contributed by atoms with Gasteiger partial charge in [-0.25, -0.2) is 0 Å². The third-order valence-corrected chi connectivity index (χ3v) is 3.97. The molecule has 1 rings (SSSR count). The first-order chi connectivity index (χ1) is 11.2. The van der Waals surface area contributed by atoms with E-state index in [0.29, 0.717) is 13.1 Å². The molecule has 2 amide bonds. The highest BCUT2D eigenvalue weighted by atomic mass is 16.2. The quantitative estimate of drug-likeness (QED) is 0.835. The molecule has 134 valence electrons. The maximum Gasteiger partial charge on any atom is 0.238 e. The second-order valence-corrected chi connectivity index (χ2v) is 7.11. The average molecular weight is 333 g/mol. The zero-order valence-corrected chi connectivity index (χ0v) is 15.8. The molecule has 0 radical (unpaired) electrons. The van der Waals surface area contributed by atoms with Crippen molar-refractivity contribution in [2.45, 2.75) is 40.0 Å². The predicted octanol–water partition coefficient (Wildman–Crippen LogP) is 2.72. The summed E-state index contributed by atoms with van der Waals surface area (Å²) in [5, 5.41) is 2.88. The Kier molecular flexibility index (Phi) is 7.42. The maximum absolute atomic E-state index is 12.1. The zero-order chi connectivity index (χ0) is 18.3. The first-order valence-corrected chi connectivity index (χ1v) is 8.54. The van der Waals surface area contributed by atoms with Gasteiger partial charge in [0.15, 0.2) is 0 Å². The summed E-state index contributed by atoms with van der Waals surface area (Å²) < 4.78 is 0. The zero-order valence-electron chi connectivity index (χ0n) is 15.8. The van der Waals surface area contributed by atoms with E-state index in [9.17, 15) is 9.59 Å². The van der Waals surface area contributed by atoms with Crippen molar-refractivity contribution in [1.82, 2.24) is 9.80 Å². The van der Waals surface area contributed by atoms with Crippen LogP contribution in [0.2, 0.25) is 0 Å². The maximum atomic E-state index is 12.1. The lowest BCUT2D eigenvalue weighted by molar-refractivity contribution is -0.132. The van der Waals surface area contributed by atoms with Gasteiger partial charge in [0.1, 0.15) is 0 Å². The molecule has 0 aliphatic heterocycles. The van der Waals surface area contributed by atoms with Crippen LogP contribution in [0.15, 0.2) is 24.3 Å². The number of anilines is 1. The van der Waals surface area contributed by atoms with Crippen LogP contribution in [0.4, 0.5) is 5.69 Å². The van der Waals surface area contributed by atoms with E-state index in [1.165, 1.54) is 5.56 Å². The molecule has 0 aliphatic rings. The molecular formula is C19H31N3O2. The minimum absolute atomic E-state index is 0.0461. The van der Waals surface area contributed by atoms with E-state index in [-0.39, 0.29) is 30.3 Å². The summed E-state index contributed by atoms with van der Waals surface area (Å²) in [6, 6.07) is 7.89. The molecule has 5 nitrogen and oxygen atoms in total. The van der Waals surface area contributed by atoms with Crippen molar-refractivity contribution in [2.75, 3.05) is 38.5 Å². The van der Waals surface area contributed by atoms with Crippen molar-refractivity contribution >= 4 is 17.5 Å². The molecule has 0 saturated carbocycles. The molecule has 0 aromatic heterocycles. The van der Waals surface area contributed by atoms with Gasteiger partial charge in [-0.2, -0.15) is 0 Å². The number of likely N-dealkylation sites (N-methyl/N-ethyl adjacent to an activating group) is 2. The molecule has 0 bridgehead atoms. The molecule has 0 heterocycles. The molecule has 1 N–H and O–H groups in total. The molecule has 0 saturated heterocycles. The van der Waals surface area contributed by atoms with Crippen LogP contribution < -0.4 is 5.32 Å². The van der Waals surface area contributed by atoms with E-state index < -0.39 is 0 Å². The Hall–Kier alpha value is -1.88. The van der Waals surface area contributed by atoms with Gasteiger partial charge in [0.25, 0.3) is 0 Å². The topological polar surface area (TPSA) is 52.7 Å². The van der Waals surface area contributed by atoms with Crippen molar-refractivity contribution in [3.05, 3.63) is 29.8 Å². The van der Waals surface area contributed by atoms with E-state index in [1.54, 1.807) is 16.8 Å². The molecule has 0 atom stereocenters. The highest BCUT2D eigenvalue weighted by Crippen LogP contribution is 2.23. The fourth-order valence-electron chi connectivity index (χ4n) is 2.46. The molecule has 1 aromatic carbocycles. The summed E-state index contributed by atoms with van der Waals surface area (Å²) in [5.41, 5.74) is 2.09. The monoisotopic (exact) mass is 333 g/mol. The molecule has 0 fully saturated rings. The van der Waals surface area contributed by atoms with Crippen molar-refractivity contribution in [3.63, 3.8) is 0 Å². The highest BCUT2D eigenvalue weighted by Gasteiger charge is 2.15. The van der Waals surface area contributed by atoms with E-state index in [0.717, 1.165) is 5.69 Å². The fourth-order valence-corrected chi connectivity index (χ4v) is 2.46. The molecular weight excluding hydrogens is 302 g/mol. The molecule has 24 heavy (non-hydrogen) atoms. The summed E-state index contributed by atoms with van der Waals surface area (Å²) in [4.78, 5) is 27.7. The summed E-state index contributed by atoms with van der Waals surface area (Å²) in [6.07, 6.45) is 0. The average Bonchev–Trinajstić information content (AvgIpc) is 2.47. The first-order valence-electron chi connectivity index (χ1n) is 8.54. The number of hydrogen-bond donors (Lipinski definition) is 1. The Morgan fingerprint density at radius 1 is 1.00 bits per heavy atom. The second-order valence-electron chi connectivity index (χ2n) is 7.11. The number of benzene rings is 1. The van der Waals surface area contributed by atoms with Gasteiger partial charge in [-0.1, -0.05) is 32.9 Å². The van der Waals surface area contributed by atoms with E-state index in [1.807, 2.05) is 38.1 Å². The van der Waals surface area contributed by atoms with Crippen LogP contribution in [-0.4, -0.2) is 54.8 Å². The summed E-state index contributed by atoms with van der Waals surface area (Å²) in [6.45, 7) is 12.2. The Labute approximate surface area is 146 Å². The number of amides is 2. The predicted molar refractivity (Wildman–Crippen MR) is 99.2 cm³/mol. The Morgan fingerprint density at radius 2 is 1.54 bits per heavy atom. The lowest BCUT2D eigenvalue weighted by atomic mass is 9.87. The van der Waals surface area contributed by atoms with Crippen LogP contribution in [0.25, 0.3) is 0 Å². The van der Waals surface area contributed by atoms with Gasteiger partial charge in [0, 0.05) is 18.8 Å². The minimum Gasteiger partial charge on any atom is -0.342 e. The normalized spacial score (nSPS) is 11.5. The summed E-state index contributed by atoms with van der Waals surface area (Å²) >= 11 is 0. The van der Waals surface area contributed by atoms with Crippen LogP contribution in [0.1, 0.15) is 40.2 Å². The van der Waals surface area contributed by atoms with Gasteiger partial charge < -0.3 is 10.2 Å². The number of nitrogens with one attached hydrogen (secondary N) is 1. The smallest absolute Gasteiger partial charge is 0.238 e. The van der Waals surface area contributed by atoms with Gasteiger partial charge in [0.2, 0.25) is 11.8 Å². The van der Waals surface area contributed by atoms with Gasteiger partial charge in [-0.3, -0.25) is 14.5 Å². The van der Waals surface area contributed by atoms with E-state index >= 15 is 0 Å². The molecule has 0 spiro atoms. The number of nitrogens with zero attached hydrogens (tertiary/aromatic N) is 2.